The molecule has 2 aliphatic heterocycles. The lowest BCUT2D eigenvalue weighted by molar-refractivity contribution is -0.389. The zero-order chi connectivity index (χ0) is 24.2. The van der Waals surface area contributed by atoms with E-state index in [4.69, 9.17) is 0 Å². The molecule has 2 aromatic heterocycles. The summed E-state index contributed by atoms with van der Waals surface area (Å²) in [5.74, 6) is -0.516. The molecule has 0 saturated carbocycles. The van der Waals surface area contributed by atoms with Crippen LogP contribution in [0.4, 0.5) is 30.4 Å². The summed E-state index contributed by atoms with van der Waals surface area (Å²) in [6.07, 6.45) is -1.32. The van der Waals surface area contributed by atoms with Crippen molar-refractivity contribution in [2.75, 3.05) is 29.4 Å². The first kappa shape index (κ1) is 21.9. The van der Waals surface area contributed by atoms with Crippen LogP contribution in [0.3, 0.4) is 0 Å². The van der Waals surface area contributed by atoms with Crippen LogP contribution in [0.25, 0.3) is 0 Å². The Morgan fingerprint density at radius 3 is 2.29 bits per heavy atom. The van der Waals surface area contributed by atoms with Gasteiger partial charge >= 0.3 is 12.0 Å². The van der Waals surface area contributed by atoms with Crippen LogP contribution in [0.15, 0.2) is 48.8 Å². The molecule has 176 valence electrons. The van der Waals surface area contributed by atoms with Gasteiger partial charge in [0.1, 0.15) is 5.69 Å². The molecule has 9 nitrogen and oxygen atoms in total. The Labute approximate surface area is 191 Å². The maximum Gasteiger partial charge on any atom is 0.416 e. The molecule has 1 unspecified atom stereocenters. The van der Waals surface area contributed by atoms with Crippen LogP contribution in [0, 0.1) is 10.1 Å². The molecule has 34 heavy (non-hydrogen) atoms. The minimum absolute atomic E-state index is 0.0163. The highest BCUT2D eigenvalue weighted by Crippen LogP contribution is 2.37. The lowest BCUT2D eigenvalue weighted by atomic mass is 9.90. The minimum atomic E-state index is -4.45. The van der Waals surface area contributed by atoms with E-state index in [-0.39, 0.29) is 23.7 Å². The topological polar surface area (TPSA) is 97.4 Å². The first-order valence-electron chi connectivity index (χ1n) is 10.6. The quantitative estimate of drug-likeness (QED) is 0.420. The molecule has 0 bridgehead atoms. The van der Waals surface area contributed by atoms with Crippen LogP contribution >= 0.6 is 0 Å². The van der Waals surface area contributed by atoms with Crippen molar-refractivity contribution >= 4 is 23.1 Å². The second-order valence-corrected chi connectivity index (χ2v) is 8.44. The van der Waals surface area contributed by atoms with E-state index in [1.807, 2.05) is 11.8 Å². The summed E-state index contributed by atoms with van der Waals surface area (Å²) < 4.78 is 40.4. The first-order valence-corrected chi connectivity index (χ1v) is 10.6. The molecule has 1 aromatic carbocycles. The summed E-state index contributed by atoms with van der Waals surface area (Å²) in [6.45, 7) is 3.36. The summed E-state index contributed by atoms with van der Waals surface area (Å²) >= 11 is 0. The zero-order valence-electron chi connectivity index (χ0n) is 17.9. The number of fused-ring (bicyclic) bond motifs is 1. The summed E-state index contributed by atoms with van der Waals surface area (Å²) in [5, 5.41) is 15.2. The van der Waals surface area contributed by atoms with Crippen LogP contribution in [0.5, 0.6) is 0 Å². The number of benzene rings is 1. The minimum Gasteiger partial charge on any atom is -0.367 e. The number of carbonyl (C=O) groups excluding carboxylic acids is 1. The van der Waals surface area contributed by atoms with Crippen LogP contribution in [0.1, 0.15) is 40.5 Å². The Morgan fingerprint density at radius 2 is 1.71 bits per heavy atom. The van der Waals surface area contributed by atoms with E-state index in [0.29, 0.717) is 31.0 Å². The van der Waals surface area contributed by atoms with E-state index in [0.717, 1.165) is 23.4 Å². The molecule has 0 radical (unpaired) electrons. The number of nitrogens with zero attached hydrogens (tertiary/aromatic N) is 6. The van der Waals surface area contributed by atoms with Gasteiger partial charge in [0.05, 0.1) is 23.5 Å². The van der Waals surface area contributed by atoms with Gasteiger partial charge in [0.25, 0.3) is 5.91 Å². The number of anilines is 2. The number of amides is 1. The van der Waals surface area contributed by atoms with Crippen molar-refractivity contribution in [3.63, 3.8) is 0 Å². The number of carbonyl (C=O) groups is 1. The number of halogens is 3. The molecule has 0 N–H and O–H groups in total. The number of rotatable bonds is 4. The number of nitro groups is 1. The molecule has 1 atom stereocenters. The van der Waals surface area contributed by atoms with Gasteiger partial charge in [-0.15, -0.1) is 0 Å². The highest BCUT2D eigenvalue weighted by atomic mass is 19.4. The molecular formula is C22H19F3N6O3. The number of aromatic nitrogens is 3. The maximum absolute atomic E-state index is 13.4. The molecular weight excluding hydrogens is 453 g/mol. The molecule has 1 saturated heterocycles. The SMILES string of the molecule is CC1CN(c2ccc(C(F)(F)F)cc2)C(=O)c2c(C3CN(c4ccc([N+](=O)[O-])nc4)C3)cnn21. The Morgan fingerprint density at radius 1 is 1.03 bits per heavy atom. The van der Waals surface area contributed by atoms with E-state index in [1.165, 1.54) is 29.3 Å². The predicted octanol–water partition coefficient (Wildman–Crippen LogP) is 4.03. The molecule has 1 fully saturated rings. The van der Waals surface area contributed by atoms with Gasteiger partial charge in [-0.2, -0.15) is 18.3 Å². The van der Waals surface area contributed by atoms with Crippen molar-refractivity contribution in [2.45, 2.75) is 25.1 Å². The third-order valence-corrected chi connectivity index (χ3v) is 6.25. The van der Waals surface area contributed by atoms with Crippen LogP contribution < -0.4 is 9.80 Å². The van der Waals surface area contributed by atoms with E-state index in [1.54, 1.807) is 16.9 Å². The third kappa shape index (κ3) is 3.64. The van der Waals surface area contributed by atoms with E-state index >= 15 is 0 Å². The lowest BCUT2D eigenvalue weighted by Gasteiger charge is -2.41. The van der Waals surface area contributed by atoms with Gasteiger partial charge < -0.3 is 19.9 Å². The Bertz CT molecular complexity index is 1250. The Hall–Kier alpha value is -3.96. The lowest BCUT2D eigenvalue weighted by Crippen LogP contribution is -2.47. The average molecular weight is 472 g/mol. The fourth-order valence-electron chi connectivity index (χ4n) is 4.39. The summed E-state index contributed by atoms with van der Waals surface area (Å²) in [7, 11) is 0. The number of hydrogen-bond acceptors (Lipinski definition) is 6. The largest absolute Gasteiger partial charge is 0.416 e. The molecule has 2 aliphatic rings. The molecule has 4 heterocycles. The van der Waals surface area contributed by atoms with Crippen molar-refractivity contribution < 1.29 is 22.9 Å². The van der Waals surface area contributed by atoms with Gasteiger partial charge in [-0.05, 0) is 47.2 Å². The number of pyridine rings is 1. The second kappa shape index (κ2) is 7.82. The summed E-state index contributed by atoms with van der Waals surface area (Å²) in [4.78, 5) is 30.9. The Kier molecular flexibility index (Phi) is 5.03. The zero-order valence-corrected chi connectivity index (χ0v) is 17.9. The molecule has 3 aromatic rings. The van der Waals surface area contributed by atoms with Gasteiger partial charge in [-0.25, -0.2) is 0 Å². The van der Waals surface area contributed by atoms with Gasteiger partial charge in [-0.3, -0.25) is 9.48 Å². The molecule has 0 spiro atoms. The first-order chi connectivity index (χ1) is 16.1. The van der Waals surface area contributed by atoms with Crippen molar-refractivity contribution in [1.82, 2.24) is 14.8 Å². The van der Waals surface area contributed by atoms with Gasteiger partial charge in [-0.1, -0.05) is 0 Å². The summed E-state index contributed by atoms with van der Waals surface area (Å²) in [6, 6.07) is 7.40. The predicted molar refractivity (Wildman–Crippen MR) is 116 cm³/mol. The van der Waals surface area contributed by atoms with Crippen molar-refractivity contribution in [3.8, 4) is 0 Å². The summed E-state index contributed by atoms with van der Waals surface area (Å²) in [5.41, 5.74) is 1.59. The van der Waals surface area contributed by atoms with E-state index < -0.39 is 16.7 Å². The van der Waals surface area contributed by atoms with Gasteiger partial charge in [0, 0.05) is 42.9 Å². The highest BCUT2D eigenvalue weighted by molar-refractivity contribution is 6.07. The van der Waals surface area contributed by atoms with E-state index in [9.17, 15) is 28.1 Å². The van der Waals surface area contributed by atoms with Crippen molar-refractivity contribution in [1.29, 1.82) is 0 Å². The Balaban J connectivity index is 1.36. The van der Waals surface area contributed by atoms with Crippen LogP contribution in [-0.2, 0) is 6.18 Å². The molecule has 5 rings (SSSR count). The van der Waals surface area contributed by atoms with Crippen molar-refractivity contribution in [2.24, 2.45) is 0 Å². The van der Waals surface area contributed by atoms with Gasteiger partial charge in [0.15, 0.2) is 6.20 Å². The van der Waals surface area contributed by atoms with Gasteiger partial charge in [0.2, 0.25) is 0 Å². The monoisotopic (exact) mass is 472 g/mol. The number of hydrogen-bond donors (Lipinski definition) is 0. The smallest absolute Gasteiger partial charge is 0.367 e. The van der Waals surface area contributed by atoms with E-state index in [2.05, 4.69) is 10.1 Å². The third-order valence-electron chi connectivity index (χ3n) is 6.25. The van der Waals surface area contributed by atoms with Crippen LogP contribution in [-0.4, -0.2) is 45.2 Å². The molecule has 1 amide bonds. The molecule has 12 heteroatoms. The van der Waals surface area contributed by atoms with Crippen molar-refractivity contribution in [3.05, 3.63) is 75.7 Å². The average Bonchev–Trinajstić information content (AvgIpc) is 3.21. The standard InChI is InChI=1S/C22H19F3N6O3/c1-13-10-29(16-4-2-15(3-5-16)22(23,24)25)21(32)20-18(9-27-30(13)20)14-11-28(12-14)17-6-7-19(26-8-17)31(33)34/h2-9,13-14H,10-12H2,1H3. The normalized spacial score (nSPS) is 18.6. The fraction of sp³-hybridized carbons (Fsp3) is 0.318. The molecule has 0 aliphatic carbocycles. The van der Waals surface area contributed by atoms with Crippen LogP contribution in [0.2, 0.25) is 0 Å². The maximum atomic E-state index is 13.4. The fourth-order valence-corrected chi connectivity index (χ4v) is 4.39. The highest BCUT2D eigenvalue weighted by Gasteiger charge is 2.39. The second-order valence-electron chi connectivity index (χ2n) is 8.44. The number of alkyl halides is 3.